The maximum absolute atomic E-state index is 12.3. The highest BCUT2D eigenvalue weighted by molar-refractivity contribution is 5.89. The fourth-order valence-corrected chi connectivity index (χ4v) is 2.64. The lowest BCUT2D eigenvalue weighted by Gasteiger charge is -2.13. The number of methoxy groups -OCH3 is 1. The summed E-state index contributed by atoms with van der Waals surface area (Å²) >= 11 is 0. The van der Waals surface area contributed by atoms with Crippen molar-refractivity contribution in [3.05, 3.63) is 47.8 Å². The highest BCUT2D eigenvalue weighted by Gasteiger charge is 2.21. The van der Waals surface area contributed by atoms with E-state index in [9.17, 15) is 4.79 Å². The monoisotopic (exact) mass is 353 g/mol. The van der Waals surface area contributed by atoms with E-state index in [0.29, 0.717) is 12.3 Å². The number of esters is 1. The van der Waals surface area contributed by atoms with Crippen molar-refractivity contribution in [2.75, 3.05) is 13.7 Å². The van der Waals surface area contributed by atoms with Gasteiger partial charge in [0.15, 0.2) is 11.3 Å². The summed E-state index contributed by atoms with van der Waals surface area (Å²) in [5.74, 6) is 0.283. The van der Waals surface area contributed by atoms with Gasteiger partial charge in [0.05, 0.1) is 25.1 Å². The average Bonchev–Trinajstić information content (AvgIpc) is 3.05. The van der Waals surface area contributed by atoms with Gasteiger partial charge >= 0.3 is 5.97 Å². The van der Waals surface area contributed by atoms with Crippen LogP contribution in [-0.2, 0) is 10.2 Å². The largest absolute Gasteiger partial charge is 0.497 e. The Morgan fingerprint density at radius 1 is 1.19 bits per heavy atom. The summed E-state index contributed by atoms with van der Waals surface area (Å²) in [6.45, 7) is 8.34. The topological polar surface area (TPSA) is 65.7 Å². The minimum atomic E-state index is -0.447. The molecular formula is C20H23N3O3. The molecule has 0 radical (unpaired) electrons. The highest BCUT2D eigenvalue weighted by atomic mass is 16.5. The first-order chi connectivity index (χ1) is 12.3. The molecule has 0 N–H and O–H groups in total. The third-order valence-electron chi connectivity index (χ3n) is 4.05. The Morgan fingerprint density at radius 3 is 2.62 bits per heavy atom. The van der Waals surface area contributed by atoms with Crippen LogP contribution in [0.5, 0.6) is 5.75 Å². The van der Waals surface area contributed by atoms with Crippen LogP contribution >= 0.6 is 0 Å². The molecule has 0 aliphatic heterocycles. The Labute approximate surface area is 152 Å². The van der Waals surface area contributed by atoms with Crippen LogP contribution in [0.3, 0.4) is 0 Å². The van der Waals surface area contributed by atoms with Crippen LogP contribution in [0.2, 0.25) is 0 Å². The van der Waals surface area contributed by atoms with Crippen LogP contribution in [0, 0.1) is 0 Å². The summed E-state index contributed by atoms with van der Waals surface area (Å²) in [6.07, 6.45) is 0. The number of rotatable bonds is 4. The first-order valence-corrected chi connectivity index (χ1v) is 8.56. The lowest BCUT2D eigenvalue weighted by atomic mass is 9.93. The highest BCUT2D eigenvalue weighted by Crippen LogP contribution is 2.28. The molecule has 6 nitrogen and oxygen atoms in total. The number of ether oxygens (including phenoxy) is 2. The molecule has 2 aromatic heterocycles. The molecule has 0 saturated carbocycles. The van der Waals surface area contributed by atoms with Crippen LogP contribution in [0.25, 0.3) is 16.9 Å². The van der Waals surface area contributed by atoms with Gasteiger partial charge in [0.2, 0.25) is 0 Å². The third kappa shape index (κ3) is 3.40. The van der Waals surface area contributed by atoms with Crippen molar-refractivity contribution in [2.45, 2.75) is 33.1 Å². The SMILES string of the molecule is CCOC(=O)c1cc(-c2cccc(OC)c2)n2nc(C(C)(C)C)cc2n1. The van der Waals surface area contributed by atoms with Crippen LogP contribution in [-0.4, -0.2) is 34.3 Å². The summed E-state index contributed by atoms with van der Waals surface area (Å²) in [4.78, 5) is 16.7. The molecule has 2 heterocycles. The number of nitrogens with zero attached hydrogens (tertiary/aromatic N) is 3. The summed E-state index contributed by atoms with van der Waals surface area (Å²) in [7, 11) is 1.62. The minimum Gasteiger partial charge on any atom is -0.497 e. The van der Waals surface area contributed by atoms with Crippen LogP contribution in [0.15, 0.2) is 36.4 Å². The van der Waals surface area contributed by atoms with E-state index in [1.54, 1.807) is 24.6 Å². The Kier molecular flexibility index (Phi) is 4.68. The molecular weight excluding hydrogens is 330 g/mol. The quantitative estimate of drug-likeness (QED) is 0.666. The third-order valence-corrected chi connectivity index (χ3v) is 4.05. The van der Waals surface area contributed by atoms with Gasteiger partial charge in [0.1, 0.15) is 5.75 Å². The molecule has 0 saturated heterocycles. The molecule has 1 aromatic carbocycles. The predicted octanol–water partition coefficient (Wildman–Crippen LogP) is 3.88. The van der Waals surface area contributed by atoms with E-state index in [1.165, 1.54) is 0 Å². The van der Waals surface area contributed by atoms with E-state index in [2.05, 4.69) is 25.8 Å². The lowest BCUT2D eigenvalue weighted by molar-refractivity contribution is 0.0519. The number of aromatic nitrogens is 3. The van der Waals surface area contributed by atoms with Gasteiger partial charge in [-0.2, -0.15) is 5.10 Å². The van der Waals surface area contributed by atoms with Crippen molar-refractivity contribution in [1.29, 1.82) is 0 Å². The molecule has 0 aliphatic rings. The average molecular weight is 353 g/mol. The maximum atomic E-state index is 12.3. The zero-order chi connectivity index (χ0) is 18.9. The molecule has 26 heavy (non-hydrogen) atoms. The molecule has 0 fully saturated rings. The fourth-order valence-electron chi connectivity index (χ4n) is 2.64. The predicted molar refractivity (Wildman–Crippen MR) is 99.6 cm³/mol. The van der Waals surface area contributed by atoms with Gasteiger partial charge < -0.3 is 9.47 Å². The number of hydrogen-bond acceptors (Lipinski definition) is 5. The van der Waals surface area contributed by atoms with Crippen molar-refractivity contribution in [3.63, 3.8) is 0 Å². The van der Waals surface area contributed by atoms with Crippen LogP contribution in [0.4, 0.5) is 0 Å². The Bertz CT molecular complexity index is 955. The van der Waals surface area contributed by atoms with E-state index in [-0.39, 0.29) is 11.1 Å². The van der Waals surface area contributed by atoms with Gasteiger partial charge in [-0.25, -0.2) is 14.3 Å². The number of hydrogen-bond donors (Lipinski definition) is 0. The Morgan fingerprint density at radius 2 is 1.96 bits per heavy atom. The molecule has 3 aromatic rings. The van der Waals surface area contributed by atoms with E-state index >= 15 is 0 Å². The first-order valence-electron chi connectivity index (χ1n) is 8.56. The smallest absolute Gasteiger partial charge is 0.357 e. The molecule has 0 atom stereocenters. The molecule has 136 valence electrons. The fraction of sp³-hybridized carbons (Fsp3) is 0.350. The van der Waals surface area contributed by atoms with E-state index in [0.717, 1.165) is 22.7 Å². The molecule has 0 bridgehead atoms. The number of carbonyl (C=O) groups is 1. The summed E-state index contributed by atoms with van der Waals surface area (Å²) in [5.41, 5.74) is 3.27. The van der Waals surface area contributed by atoms with Crippen molar-refractivity contribution in [1.82, 2.24) is 14.6 Å². The molecule has 0 unspecified atom stereocenters. The van der Waals surface area contributed by atoms with Crippen molar-refractivity contribution in [2.24, 2.45) is 0 Å². The van der Waals surface area contributed by atoms with Crippen LogP contribution < -0.4 is 4.74 Å². The van der Waals surface area contributed by atoms with Gasteiger partial charge in [-0.3, -0.25) is 0 Å². The molecule has 0 aliphatic carbocycles. The first kappa shape index (κ1) is 17.9. The number of benzene rings is 1. The van der Waals surface area contributed by atoms with Crippen LogP contribution in [0.1, 0.15) is 43.9 Å². The van der Waals surface area contributed by atoms with E-state index in [1.807, 2.05) is 30.3 Å². The Balaban J connectivity index is 2.26. The van der Waals surface area contributed by atoms with Gasteiger partial charge in [-0.15, -0.1) is 0 Å². The normalized spacial score (nSPS) is 11.6. The van der Waals surface area contributed by atoms with Crippen molar-refractivity contribution in [3.8, 4) is 17.0 Å². The van der Waals surface area contributed by atoms with Gasteiger partial charge in [-0.05, 0) is 25.1 Å². The second-order valence-corrected chi connectivity index (χ2v) is 7.03. The molecule has 3 rings (SSSR count). The maximum Gasteiger partial charge on any atom is 0.357 e. The van der Waals surface area contributed by atoms with E-state index < -0.39 is 5.97 Å². The zero-order valence-corrected chi connectivity index (χ0v) is 15.7. The number of carbonyl (C=O) groups excluding carboxylic acids is 1. The van der Waals surface area contributed by atoms with Crippen molar-refractivity contribution >= 4 is 11.6 Å². The van der Waals surface area contributed by atoms with Gasteiger partial charge in [0, 0.05) is 17.0 Å². The minimum absolute atomic E-state index is 0.135. The second-order valence-electron chi connectivity index (χ2n) is 7.03. The van der Waals surface area contributed by atoms with E-state index in [4.69, 9.17) is 14.6 Å². The molecule has 6 heteroatoms. The van der Waals surface area contributed by atoms with Gasteiger partial charge in [0.25, 0.3) is 0 Å². The summed E-state index contributed by atoms with van der Waals surface area (Å²) < 4.78 is 12.2. The van der Waals surface area contributed by atoms with Crippen molar-refractivity contribution < 1.29 is 14.3 Å². The zero-order valence-electron chi connectivity index (χ0n) is 15.7. The number of fused-ring (bicyclic) bond motifs is 1. The molecule has 0 amide bonds. The Hall–Kier alpha value is -2.89. The summed E-state index contributed by atoms with van der Waals surface area (Å²) in [5, 5.41) is 4.72. The van der Waals surface area contributed by atoms with Gasteiger partial charge in [-0.1, -0.05) is 32.9 Å². The second kappa shape index (κ2) is 6.78. The summed E-state index contributed by atoms with van der Waals surface area (Å²) in [6, 6.07) is 11.2. The molecule has 0 spiro atoms. The lowest BCUT2D eigenvalue weighted by Crippen LogP contribution is -2.12. The standard InChI is InChI=1S/C20H23N3O3/c1-6-26-19(24)15-11-16(13-8-7-9-14(10-13)25-5)23-18(21-15)12-17(22-23)20(2,3)4/h7-12H,6H2,1-5H3.